The molecule has 1 aliphatic heterocycles. The number of halogens is 1. The summed E-state index contributed by atoms with van der Waals surface area (Å²) in [6, 6.07) is 7.93. The van der Waals surface area contributed by atoms with Gasteiger partial charge in [-0.25, -0.2) is 0 Å². The minimum absolute atomic E-state index is 0. The third-order valence-corrected chi connectivity index (χ3v) is 3.76. The van der Waals surface area contributed by atoms with Gasteiger partial charge in [0.15, 0.2) is 0 Å². The van der Waals surface area contributed by atoms with E-state index < -0.39 is 0 Å². The maximum Gasteiger partial charge on any atom is 0.239 e. The summed E-state index contributed by atoms with van der Waals surface area (Å²) >= 11 is 0. The van der Waals surface area contributed by atoms with Crippen LogP contribution in [0.15, 0.2) is 24.3 Å². The molecular formula is C16H25ClN2O2. The Kier molecular flexibility index (Phi) is 7.54. The number of ether oxygens (including phenoxy) is 1. The first-order valence-electron chi connectivity index (χ1n) is 7.35. The highest BCUT2D eigenvalue weighted by Crippen LogP contribution is 2.16. The van der Waals surface area contributed by atoms with E-state index in [2.05, 4.69) is 5.32 Å². The molecule has 1 amide bonds. The molecule has 4 nitrogen and oxygen atoms in total. The van der Waals surface area contributed by atoms with Crippen LogP contribution in [-0.2, 0) is 4.79 Å². The second-order valence-electron chi connectivity index (χ2n) is 5.38. The molecule has 0 spiro atoms. The van der Waals surface area contributed by atoms with Crippen LogP contribution in [0.4, 0.5) is 0 Å². The summed E-state index contributed by atoms with van der Waals surface area (Å²) in [5, 5.41) is 3.28. The van der Waals surface area contributed by atoms with Crippen molar-refractivity contribution in [1.82, 2.24) is 10.2 Å². The molecule has 1 saturated heterocycles. The standard InChI is InChI=1S/C16H24N2O2.ClH/c1-13-7-3-4-9-15(13)20-12-11-18(2)16(19)14-8-5-6-10-17-14;/h3-4,7,9,14,17H,5-6,8,10-12H2,1-2H3;1H. The van der Waals surface area contributed by atoms with Crippen LogP contribution in [0.2, 0.25) is 0 Å². The lowest BCUT2D eigenvalue weighted by atomic mass is 10.0. The number of carbonyl (C=O) groups is 1. The average Bonchev–Trinajstić information content (AvgIpc) is 2.49. The van der Waals surface area contributed by atoms with E-state index in [4.69, 9.17) is 4.74 Å². The molecular weight excluding hydrogens is 288 g/mol. The monoisotopic (exact) mass is 312 g/mol. The lowest BCUT2D eigenvalue weighted by Gasteiger charge is -2.27. The molecule has 21 heavy (non-hydrogen) atoms. The number of nitrogens with one attached hydrogen (secondary N) is 1. The molecule has 1 aromatic rings. The number of nitrogens with zero attached hydrogens (tertiary/aromatic N) is 1. The Bertz CT molecular complexity index is 448. The summed E-state index contributed by atoms with van der Waals surface area (Å²) in [5.41, 5.74) is 1.12. The van der Waals surface area contributed by atoms with Crippen molar-refractivity contribution in [1.29, 1.82) is 0 Å². The highest BCUT2D eigenvalue weighted by atomic mass is 35.5. The van der Waals surface area contributed by atoms with Gasteiger partial charge >= 0.3 is 0 Å². The van der Waals surface area contributed by atoms with Crippen molar-refractivity contribution < 1.29 is 9.53 Å². The number of rotatable bonds is 5. The number of carbonyl (C=O) groups excluding carboxylic acids is 1. The predicted molar refractivity (Wildman–Crippen MR) is 87.2 cm³/mol. The van der Waals surface area contributed by atoms with Gasteiger partial charge in [-0.05, 0) is 37.9 Å². The molecule has 1 aromatic carbocycles. The molecule has 1 unspecified atom stereocenters. The van der Waals surface area contributed by atoms with Gasteiger partial charge in [0.25, 0.3) is 0 Å². The Hall–Kier alpha value is -1.26. The third kappa shape index (κ3) is 5.21. The SMILES string of the molecule is Cc1ccccc1OCCN(C)C(=O)C1CCCCN1.Cl. The first-order chi connectivity index (χ1) is 9.68. The van der Waals surface area contributed by atoms with Gasteiger partial charge in [-0.2, -0.15) is 0 Å². The summed E-state index contributed by atoms with van der Waals surface area (Å²) < 4.78 is 5.73. The van der Waals surface area contributed by atoms with E-state index in [9.17, 15) is 4.79 Å². The molecule has 0 aromatic heterocycles. The predicted octanol–water partition coefficient (Wildman–Crippen LogP) is 2.40. The number of hydrogen-bond acceptors (Lipinski definition) is 3. The lowest BCUT2D eigenvalue weighted by Crippen LogP contribution is -2.48. The lowest BCUT2D eigenvalue weighted by molar-refractivity contribution is -0.133. The van der Waals surface area contributed by atoms with Gasteiger partial charge in [-0.1, -0.05) is 24.6 Å². The first kappa shape index (κ1) is 17.8. The molecule has 1 aliphatic rings. The molecule has 5 heteroatoms. The van der Waals surface area contributed by atoms with Crippen LogP contribution in [-0.4, -0.2) is 43.6 Å². The molecule has 1 heterocycles. The molecule has 0 saturated carbocycles. The smallest absolute Gasteiger partial charge is 0.239 e. The van der Waals surface area contributed by atoms with Crippen molar-refractivity contribution in [2.24, 2.45) is 0 Å². The molecule has 2 rings (SSSR count). The van der Waals surface area contributed by atoms with E-state index in [-0.39, 0.29) is 24.4 Å². The Labute approximate surface area is 133 Å². The molecule has 1 N–H and O–H groups in total. The Balaban J connectivity index is 0.00000220. The van der Waals surface area contributed by atoms with Gasteiger partial charge in [0.05, 0.1) is 12.6 Å². The van der Waals surface area contributed by atoms with Gasteiger partial charge in [-0.3, -0.25) is 4.79 Å². The van der Waals surface area contributed by atoms with Crippen molar-refractivity contribution in [3.05, 3.63) is 29.8 Å². The van der Waals surface area contributed by atoms with Crippen molar-refractivity contribution in [2.75, 3.05) is 26.7 Å². The van der Waals surface area contributed by atoms with Gasteiger partial charge in [0.2, 0.25) is 5.91 Å². The highest BCUT2D eigenvalue weighted by Gasteiger charge is 2.23. The summed E-state index contributed by atoms with van der Waals surface area (Å²) in [6.45, 7) is 4.12. The van der Waals surface area contributed by atoms with Crippen LogP contribution >= 0.6 is 12.4 Å². The van der Waals surface area contributed by atoms with E-state index in [1.54, 1.807) is 4.90 Å². The van der Waals surface area contributed by atoms with Crippen LogP contribution < -0.4 is 10.1 Å². The largest absolute Gasteiger partial charge is 0.491 e. The van der Waals surface area contributed by atoms with Crippen LogP contribution in [0.1, 0.15) is 24.8 Å². The van der Waals surface area contributed by atoms with E-state index in [1.807, 2.05) is 38.2 Å². The number of likely N-dealkylation sites (N-methyl/N-ethyl adjacent to an activating group) is 1. The Morgan fingerprint density at radius 1 is 1.38 bits per heavy atom. The molecule has 0 radical (unpaired) electrons. The minimum atomic E-state index is -0.00721. The summed E-state index contributed by atoms with van der Waals surface area (Å²) in [6.07, 6.45) is 3.25. The van der Waals surface area contributed by atoms with Crippen molar-refractivity contribution in [3.63, 3.8) is 0 Å². The van der Waals surface area contributed by atoms with E-state index >= 15 is 0 Å². The molecule has 1 fully saturated rings. The summed E-state index contributed by atoms with van der Waals surface area (Å²) in [5.74, 6) is 1.07. The van der Waals surface area contributed by atoms with Crippen LogP contribution in [0.5, 0.6) is 5.75 Å². The van der Waals surface area contributed by atoms with Gasteiger partial charge in [0.1, 0.15) is 12.4 Å². The second-order valence-corrected chi connectivity index (χ2v) is 5.38. The van der Waals surface area contributed by atoms with E-state index in [0.717, 1.165) is 30.7 Å². The number of piperidine rings is 1. The average molecular weight is 313 g/mol. The fourth-order valence-electron chi connectivity index (χ4n) is 2.45. The van der Waals surface area contributed by atoms with Crippen LogP contribution in [0.3, 0.4) is 0 Å². The number of aryl methyl sites for hydroxylation is 1. The van der Waals surface area contributed by atoms with Gasteiger partial charge in [-0.15, -0.1) is 12.4 Å². The third-order valence-electron chi connectivity index (χ3n) is 3.76. The normalized spacial score (nSPS) is 17.7. The maximum atomic E-state index is 12.2. The topological polar surface area (TPSA) is 41.6 Å². The zero-order valence-corrected chi connectivity index (χ0v) is 13.6. The van der Waals surface area contributed by atoms with Gasteiger partial charge < -0.3 is 15.0 Å². The van der Waals surface area contributed by atoms with Crippen LogP contribution in [0, 0.1) is 6.92 Å². The van der Waals surface area contributed by atoms with E-state index in [1.165, 1.54) is 6.42 Å². The maximum absolute atomic E-state index is 12.2. The molecule has 0 bridgehead atoms. The van der Waals surface area contributed by atoms with E-state index in [0.29, 0.717) is 13.2 Å². The van der Waals surface area contributed by atoms with Crippen molar-refractivity contribution in [3.8, 4) is 5.75 Å². The van der Waals surface area contributed by atoms with Crippen molar-refractivity contribution in [2.45, 2.75) is 32.2 Å². The second kappa shape index (κ2) is 8.90. The summed E-state index contributed by atoms with van der Waals surface area (Å²) in [4.78, 5) is 14.0. The molecule has 0 aliphatic carbocycles. The molecule has 118 valence electrons. The number of benzene rings is 1. The minimum Gasteiger partial charge on any atom is -0.491 e. The fraction of sp³-hybridized carbons (Fsp3) is 0.562. The fourth-order valence-corrected chi connectivity index (χ4v) is 2.45. The van der Waals surface area contributed by atoms with Crippen molar-refractivity contribution >= 4 is 18.3 Å². The first-order valence-corrected chi connectivity index (χ1v) is 7.35. The zero-order valence-electron chi connectivity index (χ0n) is 12.8. The quantitative estimate of drug-likeness (QED) is 0.908. The Morgan fingerprint density at radius 3 is 2.81 bits per heavy atom. The zero-order chi connectivity index (χ0) is 14.4. The highest BCUT2D eigenvalue weighted by molar-refractivity contribution is 5.85. The van der Waals surface area contributed by atoms with Crippen LogP contribution in [0.25, 0.3) is 0 Å². The molecule has 1 atom stereocenters. The number of hydrogen-bond donors (Lipinski definition) is 1. The Morgan fingerprint density at radius 2 is 2.14 bits per heavy atom. The number of para-hydroxylation sites is 1. The van der Waals surface area contributed by atoms with Gasteiger partial charge in [0, 0.05) is 7.05 Å². The number of amides is 1. The summed E-state index contributed by atoms with van der Waals surface area (Å²) in [7, 11) is 1.85.